The second-order valence-corrected chi connectivity index (χ2v) is 8.76. The van der Waals surface area contributed by atoms with Crippen LogP contribution in [0.1, 0.15) is 50.6 Å². The number of ketones is 2. The Morgan fingerprint density at radius 2 is 1.31 bits per heavy atom. The maximum absolute atomic E-state index is 14.2. The zero-order chi connectivity index (χ0) is 21.0. The molecule has 0 aliphatic heterocycles. The Hall–Kier alpha value is -2.11. The molecule has 29 heavy (non-hydrogen) atoms. The Bertz CT molecular complexity index is 1000. The van der Waals surface area contributed by atoms with Crippen LogP contribution in [0, 0.1) is 12.7 Å². The SMILES string of the molecule is Cc1c(F)cccc1C(CC(=O)c1cccc(Br)c1)CC(=O)c1cccc(Br)c1. The van der Waals surface area contributed by atoms with Crippen LogP contribution in [0.15, 0.2) is 75.7 Å². The Kier molecular flexibility index (Phi) is 7.14. The first kappa shape index (κ1) is 21.6. The molecule has 3 aromatic carbocycles. The first-order valence-corrected chi connectivity index (χ1v) is 10.8. The van der Waals surface area contributed by atoms with Gasteiger partial charge in [-0.2, -0.15) is 0 Å². The minimum Gasteiger partial charge on any atom is -0.294 e. The number of Topliss-reactive ketones (excluding diaryl/α,β-unsaturated/α-hetero) is 2. The molecular formula is C24H19Br2FO2. The van der Waals surface area contributed by atoms with E-state index in [1.165, 1.54) is 6.07 Å². The summed E-state index contributed by atoms with van der Waals surface area (Å²) in [6.45, 7) is 1.69. The van der Waals surface area contributed by atoms with Gasteiger partial charge in [-0.25, -0.2) is 4.39 Å². The zero-order valence-corrected chi connectivity index (χ0v) is 19.0. The highest BCUT2D eigenvalue weighted by molar-refractivity contribution is 9.10. The van der Waals surface area contributed by atoms with E-state index in [0.717, 1.165) is 8.95 Å². The van der Waals surface area contributed by atoms with E-state index in [1.807, 2.05) is 12.1 Å². The van der Waals surface area contributed by atoms with E-state index >= 15 is 0 Å². The molecule has 3 rings (SSSR count). The van der Waals surface area contributed by atoms with Crippen LogP contribution in [0.5, 0.6) is 0 Å². The second-order valence-electron chi connectivity index (χ2n) is 6.93. The number of halogens is 3. The molecule has 0 unspecified atom stereocenters. The van der Waals surface area contributed by atoms with Gasteiger partial charge in [-0.15, -0.1) is 0 Å². The van der Waals surface area contributed by atoms with E-state index < -0.39 is 5.92 Å². The third-order valence-corrected chi connectivity index (χ3v) is 5.89. The third-order valence-electron chi connectivity index (χ3n) is 4.91. The largest absolute Gasteiger partial charge is 0.294 e. The Labute approximate surface area is 186 Å². The van der Waals surface area contributed by atoms with E-state index in [2.05, 4.69) is 31.9 Å². The van der Waals surface area contributed by atoms with Crippen LogP contribution in [0.3, 0.4) is 0 Å². The number of carbonyl (C=O) groups excluding carboxylic acids is 2. The number of hydrogen-bond donors (Lipinski definition) is 0. The predicted molar refractivity (Wildman–Crippen MR) is 120 cm³/mol. The van der Waals surface area contributed by atoms with Crippen molar-refractivity contribution >= 4 is 43.4 Å². The first-order valence-electron chi connectivity index (χ1n) is 9.17. The predicted octanol–water partition coefficient (Wildman–Crippen LogP) is 7.29. The molecule has 0 atom stereocenters. The van der Waals surface area contributed by atoms with Crippen molar-refractivity contribution in [3.05, 3.63) is 104 Å². The summed E-state index contributed by atoms with van der Waals surface area (Å²) in [5.74, 6) is -0.912. The van der Waals surface area contributed by atoms with Crippen LogP contribution < -0.4 is 0 Å². The van der Waals surface area contributed by atoms with E-state index in [-0.39, 0.29) is 30.2 Å². The molecule has 0 saturated heterocycles. The Morgan fingerprint density at radius 3 is 1.79 bits per heavy atom. The molecule has 0 saturated carbocycles. The van der Waals surface area contributed by atoms with E-state index in [0.29, 0.717) is 22.3 Å². The maximum Gasteiger partial charge on any atom is 0.163 e. The third kappa shape index (κ3) is 5.49. The lowest BCUT2D eigenvalue weighted by atomic mass is 9.84. The molecule has 148 valence electrons. The van der Waals surface area contributed by atoms with Crippen LogP contribution in [-0.4, -0.2) is 11.6 Å². The first-order chi connectivity index (χ1) is 13.8. The molecule has 0 aliphatic carbocycles. The lowest BCUT2D eigenvalue weighted by molar-refractivity contribution is 0.0944. The summed E-state index contributed by atoms with van der Waals surface area (Å²) >= 11 is 6.76. The van der Waals surface area contributed by atoms with Crippen molar-refractivity contribution in [2.24, 2.45) is 0 Å². The van der Waals surface area contributed by atoms with Gasteiger partial charge in [0.15, 0.2) is 11.6 Å². The lowest BCUT2D eigenvalue weighted by Gasteiger charge is -2.19. The molecule has 0 radical (unpaired) electrons. The molecule has 0 aromatic heterocycles. The fourth-order valence-electron chi connectivity index (χ4n) is 3.37. The van der Waals surface area contributed by atoms with Crippen LogP contribution in [-0.2, 0) is 0 Å². The molecule has 0 bridgehead atoms. The monoisotopic (exact) mass is 516 g/mol. The van der Waals surface area contributed by atoms with Gasteiger partial charge in [0.1, 0.15) is 5.82 Å². The van der Waals surface area contributed by atoms with Gasteiger partial charge < -0.3 is 0 Å². The van der Waals surface area contributed by atoms with Gasteiger partial charge in [0.2, 0.25) is 0 Å². The highest BCUT2D eigenvalue weighted by atomic mass is 79.9. The smallest absolute Gasteiger partial charge is 0.163 e. The summed E-state index contributed by atoms with van der Waals surface area (Å²) in [5, 5.41) is 0. The van der Waals surface area contributed by atoms with Crippen molar-refractivity contribution in [1.82, 2.24) is 0 Å². The molecule has 0 spiro atoms. The minimum absolute atomic E-state index is 0.0815. The van der Waals surface area contributed by atoms with Gasteiger partial charge in [0.05, 0.1) is 0 Å². The Balaban J connectivity index is 1.92. The number of benzene rings is 3. The van der Waals surface area contributed by atoms with Crippen LogP contribution in [0.25, 0.3) is 0 Å². The van der Waals surface area contributed by atoms with Gasteiger partial charge in [-0.1, -0.05) is 68.3 Å². The Morgan fingerprint density at radius 1 is 0.828 bits per heavy atom. The van der Waals surface area contributed by atoms with Gasteiger partial charge in [-0.3, -0.25) is 9.59 Å². The van der Waals surface area contributed by atoms with Crippen molar-refractivity contribution in [1.29, 1.82) is 0 Å². The summed E-state index contributed by atoms with van der Waals surface area (Å²) in [4.78, 5) is 25.8. The van der Waals surface area contributed by atoms with Gasteiger partial charge in [-0.05, 0) is 54.3 Å². The fourth-order valence-corrected chi connectivity index (χ4v) is 4.16. The molecule has 0 fully saturated rings. The molecular weight excluding hydrogens is 499 g/mol. The van der Waals surface area contributed by atoms with Gasteiger partial charge in [0.25, 0.3) is 0 Å². The number of hydrogen-bond acceptors (Lipinski definition) is 2. The average molecular weight is 518 g/mol. The van der Waals surface area contributed by atoms with Crippen molar-refractivity contribution in [2.45, 2.75) is 25.7 Å². The quantitative estimate of drug-likeness (QED) is 0.308. The summed E-state index contributed by atoms with van der Waals surface area (Å²) < 4.78 is 15.8. The summed E-state index contributed by atoms with van der Waals surface area (Å²) in [7, 11) is 0. The topological polar surface area (TPSA) is 34.1 Å². The highest BCUT2D eigenvalue weighted by Crippen LogP contribution is 2.31. The number of rotatable bonds is 7. The maximum atomic E-state index is 14.2. The fraction of sp³-hybridized carbons (Fsp3) is 0.167. The molecule has 0 heterocycles. The highest BCUT2D eigenvalue weighted by Gasteiger charge is 2.23. The molecule has 0 amide bonds. The van der Waals surface area contributed by atoms with Crippen molar-refractivity contribution in [2.75, 3.05) is 0 Å². The second kappa shape index (κ2) is 9.59. The summed E-state index contributed by atoms with van der Waals surface area (Å²) in [6, 6.07) is 19.1. The van der Waals surface area contributed by atoms with Crippen molar-refractivity contribution in [3.63, 3.8) is 0 Å². The van der Waals surface area contributed by atoms with Crippen LogP contribution in [0.4, 0.5) is 4.39 Å². The molecule has 3 aromatic rings. The van der Waals surface area contributed by atoms with Crippen LogP contribution >= 0.6 is 31.9 Å². The molecule has 0 aliphatic rings. The van der Waals surface area contributed by atoms with Crippen molar-refractivity contribution in [3.8, 4) is 0 Å². The van der Waals surface area contributed by atoms with Gasteiger partial charge in [0, 0.05) is 32.9 Å². The van der Waals surface area contributed by atoms with E-state index in [1.54, 1.807) is 55.5 Å². The number of carbonyl (C=O) groups is 2. The van der Waals surface area contributed by atoms with Crippen LogP contribution in [0.2, 0.25) is 0 Å². The van der Waals surface area contributed by atoms with E-state index in [9.17, 15) is 14.0 Å². The summed E-state index contributed by atoms with van der Waals surface area (Å²) in [6.07, 6.45) is 0.251. The zero-order valence-electron chi connectivity index (χ0n) is 15.8. The minimum atomic E-state index is -0.413. The average Bonchev–Trinajstić information content (AvgIpc) is 2.69. The lowest BCUT2D eigenvalue weighted by Crippen LogP contribution is -2.14. The molecule has 5 heteroatoms. The molecule has 2 nitrogen and oxygen atoms in total. The normalized spacial score (nSPS) is 10.9. The summed E-state index contributed by atoms with van der Waals surface area (Å²) in [5.41, 5.74) is 2.29. The van der Waals surface area contributed by atoms with Crippen molar-refractivity contribution < 1.29 is 14.0 Å². The van der Waals surface area contributed by atoms with Gasteiger partial charge >= 0.3 is 0 Å². The molecule has 0 N–H and O–H groups in total. The van der Waals surface area contributed by atoms with E-state index in [4.69, 9.17) is 0 Å². The standard InChI is InChI=1S/C24H19Br2FO2/c1-15-21(9-4-10-22(15)27)18(13-23(28)16-5-2-7-19(25)11-16)14-24(29)17-6-3-8-20(26)12-17/h2-12,18H,13-14H2,1H3.